The van der Waals surface area contributed by atoms with E-state index in [0.29, 0.717) is 36.8 Å². The molecule has 3 N–H and O–H groups in total. The van der Waals surface area contributed by atoms with Gasteiger partial charge < -0.3 is 24.8 Å². The van der Waals surface area contributed by atoms with Crippen molar-refractivity contribution in [2.75, 3.05) is 44.1 Å². The molecule has 0 unspecified atom stereocenters. The van der Waals surface area contributed by atoms with Crippen LogP contribution >= 0.6 is 0 Å². The van der Waals surface area contributed by atoms with Crippen LogP contribution in [0.2, 0.25) is 0 Å². The number of benzene rings is 1. The average molecular weight is 432 g/mol. The molecule has 0 radical (unpaired) electrons. The van der Waals surface area contributed by atoms with Gasteiger partial charge in [0.15, 0.2) is 17.2 Å². The molecule has 2 aromatic rings. The summed E-state index contributed by atoms with van der Waals surface area (Å²) < 4.78 is 17.5. The Bertz CT molecular complexity index is 1060. The third-order valence-corrected chi connectivity index (χ3v) is 4.81. The van der Waals surface area contributed by atoms with Crippen LogP contribution in [0.25, 0.3) is 0 Å². The number of anilines is 2. The van der Waals surface area contributed by atoms with Crippen LogP contribution in [0, 0.1) is 5.92 Å². The Morgan fingerprint density at radius 3 is 2.65 bits per heavy atom. The summed E-state index contributed by atoms with van der Waals surface area (Å²) in [5.74, 6) is 0.900. The first-order chi connectivity index (χ1) is 14.8. The number of nitrogens with two attached hydrogens (primary N) is 1. The highest BCUT2D eigenvalue weighted by Crippen LogP contribution is 2.31. The normalized spacial score (nSPS) is 12.8. The number of aromatic amines is 1. The van der Waals surface area contributed by atoms with Crippen LogP contribution in [0.5, 0.6) is 11.5 Å². The van der Waals surface area contributed by atoms with Crippen molar-refractivity contribution in [3.63, 3.8) is 0 Å². The lowest BCUT2D eigenvalue weighted by atomic mass is 10.1. The number of carbonyl (C=O) groups excluding carboxylic acids is 1. The zero-order valence-corrected chi connectivity index (χ0v) is 18.0. The van der Waals surface area contributed by atoms with Gasteiger partial charge in [0.05, 0.1) is 13.0 Å². The summed E-state index contributed by atoms with van der Waals surface area (Å²) in [4.78, 5) is 41.6. The third-order valence-electron chi connectivity index (χ3n) is 4.81. The number of hydrogen-bond acceptors (Lipinski definition) is 7. The Morgan fingerprint density at radius 2 is 1.97 bits per heavy atom. The van der Waals surface area contributed by atoms with Crippen molar-refractivity contribution < 1.29 is 19.0 Å². The van der Waals surface area contributed by atoms with Crippen molar-refractivity contribution in [1.29, 1.82) is 0 Å². The van der Waals surface area contributed by atoms with E-state index in [1.54, 1.807) is 18.2 Å². The summed E-state index contributed by atoms with van der Waals surface area (Å²) in [5.41, 5.74) is 5.52. The lowest BCUT2D eigenvalue weighted by Crippen LogP contribution is -2.43. The number of aromatic nitrogens is 2. The maximum atomic E-state index is 13.2. The molecule has 10 heteroatoms. The molecule has 10 nitrogen and oxygen atoms in total. The fraction of sp³-hybridized carbons (Fsp3) is 0.476. The first-order valence-electron chi connectivity index (χ1n) is 10.1. The number of ether oxygens (including phenoxy) is 3. The van der Waals surface area contributed by atoms with Crippen LogP contribution in [0.3, 0.4) is 0 Å². The molecular formula is C21H28N4O6. The molecule has 0 spiro atoms. The molecule has 1 aromatic heterocycles. The van der Waals surface area contributed by atoms with Crippen LogP contribution in [0.4, 0.5) is 11.5 Å². The molecule has 1 aliphatic rings. The first-order valence-corrected chi connectivity index (χ1v) is 10.1. The van der Waals surface area contributed by atoms with Crippen molar-refractivity contribution in [3.05, 3.63) is 44.6 Å². The van der Waals surface area contributed by atoms with E-state index in [1.807, 2.05) is 13.8 Å². The smallest absolute Gasteiger partial charge is 0.330 e. The number of rotatable bonds is 8. The van der Waals surface area contributed by atoms with E-state index < -0.39 is 11.2 Å². The lowest BCUT2D eigenvalue weighted by Gasteiger charge is -2.25. The fourth-order valence-electron chi connectivity index (χ4n) is 3.40. The van der Waals surface area contributed by atoms with Crippen molar-refractivity contribution in [3.8, 4) is 11.5 Å². The highest BCUT2D eigenvalue weighted by Gasteiger charge is 2.25. The molecule has 0 saturated heterocycles. The second kappa shape index (κ2) is 9.69. The van der Waals surface area contributed by atoms with Crippen LogP contribution in [0.15, 0.2) is 27.8 Å². The molecule has 168 valence electrons. The number of nitrogens with one attached hydrogen (secondary N) is 1. The van der Waals surface area contributed by atoms with Gasteiger partial charge in [-0.2, -0.15) is 0 Å². The Labute approximate surface area is 179 Å². The molecule has 0 fully saturated rings. The zero-order valence-electron chi connectivity index (χ0n) is 18.0. The molecule has 1 aliphatic heterocycles. The third kappa shape index (κ3) is 5.08. The predicted molar refractivity (Wildman–Crippen MR) is 116 cm³/mol. The Morgan fingerprint density at radius 1 is 1.26 bits per heavy atom. The maximum absolute atomic E-state index is 13.2. The number of methoxy groups -OCH3 is 1. The van der Waals surface area contributed by atoms with Gasteiger partial charge in [-0.25, -0.2) is 4.79 Å². The topological polar surface area (TPSA) is 129 Å². The van der Waals surface area contributed by atoms with Gasteiger partial charge >= 0.3 is 5.69 Å². The number of hydrogen-bond donors (Lipinski definition) is 2. The molecule has 2 heterocycles. The fourth-order valence-corrected chi connectivity index (χ4v) is 3.40. The van der Waals surface area contributed by atoms with E-state index in [4.69, 9.17) is 19.9 Å². The van der Waals surface area contributed by atoms with Gasteiger partial charge in [0.1, 0.15) is 19.0 Å². The highest BCUT2D eigenvalue weighted by molar-refractivity contribution is 5.96. The minimum Gasteiger partial charge on any atom is -0.486 e. The molecule has 0 aliphatic carbocycles. The van der Waals surface area contributed by atoms with Gasteiger partial charge in [-0.1, -0.05) is 19.9 Å². The van der Waals surface area contributed by atoms with Crippen LogP contribution in [-0.2, 0) is 22.5 Å². The van der Waals surface area contributed by atoms with E-state index in [1.165, 1.54) is 16.6 Å². The van der Waals surface area contributed by atoms with E-state index >= 15 is 0 Å². The van der Waals surface area contributed by atoms with Crippen molar-refractivity contribution in [1.82, 2.24) is 9.55 Å². The molecule has 0 bridgehead atoms. The van der Waals surface area contributed by atoms with Crippen LogP contribution in [0.1, 0.15) is 19.4 Å². The average Bonchev–Trinajstić information content (AvgIpc) is 2.73. The van der Waals surface area contributed by atoms with Crippen molar-refractivity contribution in [2.45, 2.75) is 26.8 Å². The molecule has 0 saturated carbocycles. The van der Waals surface area contributed by atoms with E-state index in [9.17, 15) is 14.4 Å². The molecule has 31 heavy (non-hydrogen) atoms. The van der Waals surface area contributed by atoms with Gasteiger partial charge in [0.2, 0.25) is 5.91 Å². The second-order valence-electron chi connectivity index (χ2n) is 7.69. The molecule has 0 atom stereocenters. The van der Waals surface area contributed by atoms with E-state index in [2.05, 4.69) is 4.98 Å². The standard InChI is InChI=1S/C21H28N4O6/c1-13(2)12-25-19(22)18(20(27)23-21(25)28)24(6-7-29-3)17(26)11-14-4-5-15-16(10-14)31-9-8-30-15/h4-5,10,13H,6-9,11-12,22H2,1-3H3,(H,23,27,28). The summed E-state index contributed by atoms with van der Waals surface area (Å²) in [6.07, 6.45) is 0.00252. The van der Waals surface area contributed by atoms with Gasteiger partial charge in [-0.05, 0) is 23.6 Å². The highest BCUT2D eigenvalue weighted by atomic mass is 16.6. The van der Waals surface area contributed by atoms with Gasteiger partial charge in [-0.3, -0.25) is 19.1 Å². The Balaban J connectivity index is 1.96. The van der Waals surface area contributed by atoms with Gasteiger partial charge in [-0.15, -0.1) is 0 Å². The quantitative estimate of drug-likeness (QED) is 0.630. The van der Waals surface area contributed by atoms with Gasteiger partial charge in [0.25, 0.3) is 5.56 Å². The Hall–Kier alpha value is -3.27. The summed E-state index contributed by atoms with van der Waals surface area (Å²) >= 11 is 0. The van der Waals surface area contributed by atoms with E-state index in [-0.39, 0.29) is 42.9 Å². The number of amides is 1. The number of fused-ring (bicyclic) bond motifs is 1. The van der Waals surface area contributed by atoms with Crippen LogP contribution < -0.4 is 31.4 Å². The molecular weight excluding hydrogens is 404 g/mol. The zero-order chi connectivity index (χ0) is 22.5. The maximum Gasteiger partial charge on any atom is 0.330 e. The predicted octanol–water partition coefficient (Wildman–Crippen LogP) is 0.768. The molecule has 1 aromatic carbocycles. The largest absolute Gasteiger partial charge is 0.486 e. The van der Waals surface area contributed by atoms with Gasteiger partial charge in [0, 0.05) is 20.2 Å². The Kier molecular flexibility index (Phi) is 7.01. The van der Waals surface area contributed by atoms with Crippen molar-refractivity contribution >= 4 is 17.4 Å². The minimum atomic E-state index is -0.714. The summed E-state index contributed by atoms with van der Waals surface area (Å²) in [7, 11) is 1.50. The van der Waals surface area contributed by atoms with Crippen LogP contribution in [-0.4, -0.2) is 48.9 Å². The number of nitrogen functional groups attached to an aromatic ring is 1. The number of H-pyrrole nitrogens is 1. The summed E-state index contributed by atoms with van der Waals surface area (Å²) in [6.45, 7) is 5.36. The molecule has 3 rings (SSSR count). The number of nitrogens with zero attached hydrogens (tertiary/aromatic N) is 2. The monoisotopic (exact) mass is 432 g/mol. The molecule has 1 amide bonds. The van der Waals surface area contributed by atoms with E-state index in [0.717, 1.165) is 0 Å². The summed E-state index contributed by atoms with van der Waals surface area (Å²) in [6, 6.07) is 5.27. The van der Waals surface area contributed by atoms with Crippen molar-refractivity contribution in [2.24, 2.45) is 5.92 Å². The summed E-state index contributed by atoms with van der Waals surface area (Å²) in [5, 5.41) is 0. The number of carbonyl (C=O) groups is 1. The second-order valence-corrected chi connectivity index (χ2v) is 7.69. The lowest BCUT2D eigenvalue weighted by molar-refractivity contribution is -0.118. The minimum absolute atomic E-state index is 0.00252. The first kappa shape index (κ1) is 22.4. The SMILES string of the molecule is COCCN(C(=O)Cc1ccc2c(c1)OCCO2)c1c(N)n(CC(C)C)c(=O)[nH]c1=O.